The summed E-state index contributed by atoms with van der Waals surface area (Å²) in [5.74, 6) is -1.89. The summed E-state index contributed by atoms with van der Waals surface area (Å²) in [7, 11) is 1.22. The first kappa shape index (κ1) is 18.2. The van der Waals surface area contributed by atoms with Crippen molar-refractivity contribution in [3.8, 4) is 11.5 Å². The normalized spacial score (nSPS) is 10.7. The van der Waals surface area contributed by atoms with Crippen LogP contribution in [0.15, 0.2) is 23.6 Å². The third kappa shape index (κ3) is 4.25. The van der Waals surface area contributed by atoms with Crippen molar-refractivity contribution in [2.75, 3.05) is 7.11 Å². The molecule has 0 bridgehead atoms. The van der Waals surface area contributed by atoms with E-state index < -0.39 is 34.0 Å². The summed E-state index contributed by atoms with van der Waals surface area (Å²) in [6.07, 6.45) is 1.98. The van der Waals surface area contributed by atoms with Crippen molar-refractivity contribution >= 4 is 23.8 Å². The van der Waals surface area contributed by atoms with Crippen LogP contribution in [0.4, 0.5) is 11.6 Å². The van der Waals surface area contributed by atoms with Crippen molar-refractivity contribution < 1.29 is 24.5 Å². The molecule has 0 aliphatic heterocycles. The molecule has 1 aromatic heterocycles. The van der Waals surface area contributed by atoms with Gasteiger partial charge in [-0.2, -0.15) is 9.78 Å². The van der Waals surface area contributed by atoms with Gasteiger partial charge in [0.2, 0.25) is 6.33 Å². The number of carbonyl (C=O) groups is 1. The minimum atomic E-state index is -0.814. The number of amides is 1. The van der Waals surface area contributed by atoms with Crippen molar-refractivity contribution in [2.24, 2.45) is 5.10 Å². The van der Waals surface area contributed by atoms with Gasteiger partial charge in [-0.25, -0.2) is 5.43 Å². The first-order chi connectivity index (χ1) is 12.3. The lowest BCUT2D eigenvalue weighted by atomic mass is 10.2. The van der Waals surface area contributed by atoms with E-state index in [1.165, 1.54) is 7.11 Å². The second kappa shape index (κ2) is 7.65. The van der Waals surface area contributed by atoms with Gasteiger partial charge in [0, 0.05) is 16.7 Å². The molecule has 0 spiro atoms. The molecule has 2 aromatic rings. The molecule has 2 N–H and O–H groups in total. The van der Waals surface area contributed by atoms with Crippen LogP contribution in [0.3, 0.4) is 0 Å². The molecule has 0 aliphatic carbocycles. The number of rotatable bonds is 7. The Kier molecular flexibility index (Phi) is 5.36. The van der Waals surface area contributed by atoms with E-state index in [1.54, 1.807) is 0 Å². The van der Waals surface area contributed by atoms with Crippen LogP contribution in [-0.2, 0) is 11.3 Å². The number of carbonyl (C=O) groups excluding carboxylic acids is 1. The summed E-state index contributed by atoms with van der Waals surface area (Å²) in [4.78, 5) is 34.9. The Bertz CT molecular complexity index is 892. The van der Waals surface area contributed by atoms with Crippen molar-refractivity contribution in [3.05, 3.63) is 44.3 Å². The Balaban J connectivity index is 2.07. The van der Waals surface area contributed by atoms with E-state index in [1.807, 2.05) is 0 Å². The van der Waals surface area contributed by atoms with E-state index in [0.717, 1.165) is 29.4 Å². The third-order valence-corrected chi connectivity index (χ3v) is 2.91. The SMILES string of the molecule is COc1cc([N+](=O)[O-])cc(/C=N\NC(=O)Cn2cnc([N+](=O)[O-])n2)c1O. The Labute approximate surface area is 144 Å². The fourth-order valence-corrected chi connectivity index (χ4v) is 1.77. The molecule has 0 saturated heterocycles. The lowest BCUT2D eigenvalue weighted by Gasteiger charge is -2.05. The predicted octanol–water partition coefficient (Wildman–Crippen LogP) is -0.0410. The number of hydrogen-bond acceptors (Lipinski definition) is 10. The first-order valence-electron chi connectivity index (χ1n) is 6.73. The van der Waals surface area contributed by atoms with Crippen molar-refractivity contribution in [1.82, 2.24) is 20.2 Å². The van der Waals surface area contributed by atoms with Gasteiger partial charge in [-0.3, -0.25) is 14.9 Å². The number of nitrogens with one attached hydrogen (secondary N) is 1. The zero-order chi connectivity index (χ0) is 19.3. The van der Waals surface area contributed by atoms with Gasteiger partial charge < -0.3 is 20.0 Å². The summed E-state index contributed by atoms with van der Waals surface area (Å²) in [6.45, 7) is -0.400. The monoisotopic (exact) mass is 365 g/mol. The Morgan fingerprint density at radius 2 is 2.15 bits per heavy atom. The van der Waals surface area contributed by atoms with Gasteiger partial charge in [-0.05, 0) is 4.92 Å². The van der Waals surface area contributed by atoms with Crippen LogP contribution in [0.2, 0.25) is 0 Å². The molecule has 0 atom stereocenters. The number of hydrogen-bond donors (Lipinski definition) is 2. The van der Waals surface area contributed by atoms with Crippen LogP contribution in [0, 0.1) is 20.2 Å². The highest BCUT2D eigenvalue weighted by molar-refractivity contribution is 5.87. The molecular weight excluding hydrogens is 354 g/mol. The highest BCUT2D eigenvalue weighted by Gasteiger charge is 2.17. The van der Waals surface area contributed by atoms with Crippen LogP contribution in [-0.4, -0.2) is 48.9 Å². The quantitative estimate of drug-likeness (QED) is 0.385. The topological polar surface area (TPSA) is 188 Å². The number of nitro groups is 2. The lowest BCUT2D eigenvalue weighted by Crippen LogP contribution is -2.23. The number of phenols is 1. The van der Waals surface area contributed by atoms with E-state index in [2.05, 4.69) is 20.6 Å². The standard InChI is InChI=1S/C12H11N7O7/c1-26-9-3-8(18(22)23)2-7(11(9)21)4-14-15-10(20)5-17-6-13-12(16-17)19(24)25/h2-4,6,21H,5H2,1H3,(H,15,20)/b14-4-. The summed E-state index contributed by atoms with van der Waals surface area (Å²) < 4.78 is 5.75. The van der Waals surface area contributed by atoms with Crippen molar-refractivity contribution in [2.45, 2.75) is 6.54 Å². The molecule has 26 heavy (non-hydrogen) atoms. The number of phenolic OH excluding ortho intramolecular Hbond substituents is 1. The van der Waals surface area contributed by atoms with Gasteiger partial charge in [-0.1, -0.05) is 4.98 Å². The fraction of sp³-hybridized carbons (Fsp3) is 0.167. The minimum Gasteiger partial charge on any atom is -0.504 e. The van der Waals surface area contributed by atoms with Crippen LogP contribution < -0.4 is 10.2 Å². The number of aromatic nitrogens is 3. The average Bonchev–Trinajstić information content (AvgIpc) is 3.04. The number of non-ortho nitro benzene ring substituents is 1. The summed E-state index contributed by atoms with van der Waals surface area (Å²) in [5, 5.41) is 38.2. The molecule has 2 rings (SSSR count). The van der Waals surface area contributed by atoms with E-state index >= 15 is 0 Å². The molecule has 1 amide bonds. The van der Waals surface area contributed by atoms with Gasteiger partial charge in [0.25, 0.3) is 11.6 Å². The summed E-state index contributed by atoms with van der Waals surface area (Å²) in [5.41, 5.74) is 1.67. The molecule has 1 heterocycles. The number of benzene rings is 1. The molecule has 0 aliphatic rings. The summed E-state index contributed by atoms with van der Waals surface area (Å²) >= 11 is 0. The van der Waals surface area contributed by atoms with Gasteiger partial charge in [0.05, 0.1) is 24.3 Å². The molecule has 0 fully saturated rings. The van der Waals surface area contributed by atoms with Gasteiger partial charge >= 0.3 is 5.95 Å². The molecule has 0 radical (unpaired) electrons. The van der Waals surface area contributed by atoms with Crippen molar-refractivity contribution in [1.29, 1.82) is 0 Å². The van der Waals surface area contributed by atoms with Gasteiger partial charge in [0.1, 0.15) is 6.54 Å². The number of methoxy groups -OCH3 is 1. The third-order valence-electron chi connectivity index (χ3n) is 2.91. The van der Waals surface area contributed by atoms with E-state index in [9.17, 15) is 30.1 Å². The number of ether oxygens (including phenoxy) is 1. The smallest absolute Gasteiger partial charge is 0.490 e. The van der Waals surface area contributed by atoms with Crippen molar-refractivity contribution in [3.63, 3.8) is 0 Å². The summed E-state index contributed by atoms with van der Waals surface area (Å²) in [6, 6.07) is 2.07. The Hall–Kier alpha value is -4.10. The second-order valence-electron chi connectivity index (χ2n) is 4.64. The Morgan fingerprint density at radius 1 is 1.42 bits per heavy atom. The number of aromatic hydroxyl groups is 1. The number of nitro benzene ring substituents is 1. The largest absolute Gasteiger partial charge is 0.504 e. The molecule has 14 heteroatoms. The maximum absolute atomic E-state index is 11.7. The first-order valence-corrected chi connectivity index (χ1v) is 6.73. The lowest BCUT2D eigenvalue weighted by molar-refractivity contribution is -0.394. The molecule has 136 valence electrons. The number of nitrogens with zero attached hydrogens (tertiary/aromatic N) is 6. The van der Waals surface area contributed by atoms with Crippen LogP contribution in [0.5, 0.6) is 11.5 Å². The molecule has 1 aromatic carbocycles. The fourth-order valence-electron chi connectivity index (χ4n) is 1.77. The molecular formula is C12H11N7O7. The minimum absolute atomic E-state index is 0.0623. The maximum Gasteiger partial charge on any atom is 0.490 e. The van der Waals surface area contributed by atoms with Crippen LogP contribution in [0.1, 0.15) is 5.56 Å². The molecule has 0 saturated carbocycles. The maximum atomic E-state index is 11.7. The average molecular weight is 365 g/mol. The van der Waals surface area contributed by atoms with Crippen LogP contribution >= 0.6 is 0 Å². The Morgan fingerprint density at radius 3 is 2.73 bits per heavy atom. The number of hydrazone groups is 1. The van der Waals surface area contributed by atoms with Gasteiger partial charge in [-0.15, -0.1) is 0 Å². The highest BCUT2D eigenvalue weighted by Crippen LogP contribution is 2.33. The van der Waals surface area contributed by atoms with Crippen LogP contribution in [0.25, 0.3) is 0 Å². The van der Waals surface area contributed by atoms with Gasteiger partial charge in [0.15, 0.2) is 11.5 Å². The second-order valence-corrected chi connectivity index (χ2v) is 4.64. The molecule has 0 unspecified atom stereocenters. The zero-order valence-electron chi connectivity index (χ0n) is 13.1. The highest BCUT2D eigenvalue weighted by atomic mass is 16.6. The molecule has 14 nitrogen and oxygen atoms in total. The van der Waals surface area contributed by atoms with E-state index in [4.69, 9.17) is 4.74 Å². The van der Waals surface area contributed by atoms with E-state index in [-0.39, 0.29) is 17.0 Å². The predicted molar refractivity (Wildman–Crippen MR) is 83.7 cm³/mol. The zero-order valence-corrected chi connectivity index (χ0v) is 13.1. The van der Waals surface area contributed by atoms with E-state index in [0.29, 0.717) is 0 Å².